The molecule has 0 atom stereocenters. The first-order chi connectivity index (χ1) is 13.6. The van der Waals surface area contributed by atoms with Crippen molar-refractivity contribution in [2.24, 2.45) is 7.05 Å². The molecule has 28 heavy (non-hydrogen) atoms. The number of nitrogens with one attached hydrogen (secondary N) is 1. The molecule has 0 spiro atoms. The number of hydrogen-bond donors (Lipinski definition) is 1. The molecule has 0 saturated heterocycles. The molecule has 0 aliphatic heterocycles. The Bertz CT molecular complexity index is 1100. The number of benzene rings is 2. The van der Waals surface area contributed by atoms with Crippen LogP contribution in [0.3, 0.4) is 0 Å². The van der Waals surface area contributed by atoms with Crippen molar-refractivity contribution in [1.29, 1.82) is 0 Å². The normalized spacial score (nSPS) is 10.8. The van der Waals surface area contributed by atoms with Crippen molar-refractivity contribution in [3.63, 3.8) is 0 Å². The monoisotopic (exact) mass is 374 g/mol. The minimum atomic E-state index is -0.301. The highest BCUT2D eigenvalue weighted by Gasteiger charge is 2.18. The van der Waals surface area contributed by atoms with Crippen LogP contribution in [0.5, 0.6) is 0 Å². The lowest BCUT2D eigenvalue weighted by molar-refractivity contribution is 0.0943. The number of aryl methyl sites for hydroxylation is 1. The highest BCUT2D eigenvalue weighted by atomic mass is 19.1. The molecule has 140 valence electrons. The molecule has 0 unspecified atom stereocenters. The zero-order valence-electron chi connectivity index (χ0n) is 15.3. The Kier molecular flexibility index (Phi) is 4.76. The van der Waals surface area contributed by atoms with Crippen molar-refractivity contribution >= 4 is 5.91 Å². The first-order valence-electron chi connectivity index (χ1n) is 8.91. The first-order valence-corrected chi connectivity index (χ1v) is 8.91. The average molecular weight is 374 g/mol. The second-order valence-electron chi connectivity index (χ2n) is 6.48. The first kappa shape index (κ1) is 17.7. The van der Waals surface area contributed by atoms with Gasteiger partial charge in [0.25, 0.3) is 5.91 Å². The number of hydrogen-bond acceptors (Lipinski definition) is 2. The fourth-order valence-corrected chi connectivity index (χ4v) is 3.04. The third-order valence-electron chi connectivity index (χ3n) is 4.52. The van der Waals surface area contributed by atoms with Gasteiger partial charge in [-0.15, -0.1) is 0 Å². The van der Waals surface area contributed by atoms with E-state index in [0.29, 0.717) is 17.9 Å². The summed E-state index contributed by atoms with van der Waals surface area (Å²) in [5.74, 6) is -0.550. The van der Waals surface area contributed by atoms with Gasteiger partial charge in [-0.1, -0.05) is 30.3 Å². The maximum Gasteiger partial charge on any atom is 0.270 e. The third kappa shape index (κ3) is 3.57. The van der Waals surface area contributed by atoms with Gasteiger partial charge in [-0.3, -0.25) is 4.79 Å². The van der Waals surface area contributed by atoms with E-state index < -0.39 is 0 Å². The van der Waals surface area contributed by atoms with E-state index in [1.807, 2.05) is 60.3 Å². The number of rotatable bonds is 5. The predicted octanol–water partition coefficient (Wildman–Crippen LogP) is 3.95. The van der Waals surface area contributed by atoms with Crippen molar-refractivity contribution < 1.29 is 9.18 Å². The quantitative estimate of drug-likeness (QED) is 0.575. The summed E-state index contributed by atoms with van der Waals surface area (Å²) < 4.78 is 16.7. The molecule has 0 bridgehead atoms. The van der Waals surface area contributed by atoms with Gasteiger partial charge in [0.15, 0.2) is 0 Å². The zero-order chi connectivity index (χ0) is 19.5. The van der Waals surface area contributed by atoms with Crippen LogP contribution in [0.1, 0.15) is 16.1 Å². The molecule has 2 aromatic heterocycles. The number of aromatic nitrogens is 3. The molecule has 5 nitrogen and oxygen atoms in total. The highest BCUT2D eigenvalue weighted by molar-refractivity contribution is 5.94. The van der Waals surface area contributed by atoms with Crippen molar-refractivity contribution in [1.82, 2.24) is 19.7 Å². The number of amides is 1. The predicted molar refractivity (Wildman–Crippen MR) is 106 cm³/mol. The van der Waals surface area contributed by atoms with Crippen LogP contribution in [0.15, 0.2) is 79.0 Å². The van der Waals surface area contributed by atoms with E-state index in [9.17, 15) is 9.18 Å². The van der Waals surface area contributed by atoms with Crippen LogP contribution in [0.4, 0.5) is 4.39 Å². The van der Waals surface area contributed by atoms with Gasteiger partial charge in [-0.05, 0) is 48.0 Å². The van der Waals surface area contributed by atoms with Gasteiger partial charge in [-0.2, -0.15) is 5.10 Å². The molecule has 0 aliphatic carbocycles. The summed E-state index contributed by atoms with van der Waals surface area (Å²) in [6, 6.07) is 21.3. The van der Waals surface area contributed by atoms with Gasteiger partial charge in [-0.25, -0.2) is 9.07 Å². The van der Waals surface area contributed by atoms with Crippen molar-refractivity contribution in [2.75, 3.05) is 0 Å². The van der Waals surface area contributed by atoms with E-state index in [0.717, 1.165) is 16.9 Å². The fourth-order valence-electron chi connectivity index (χ4n) is 3.04. The second kappa shape index (κ2) is 7.52. The van der Waals surface area contributed by atoms with E-state index in [1.165, 1.54) is 12.1 Å². The van der Waals surface area contributed by atoms with Crippen LogP contribution in [-0.2, 0) is 13.6 Å². The largest absolute Gasteiger partial charge is 0.349 e. The lowest BCUT2D eigenvalue weighted by Crippen LogP contribution is -2.25. The van der Waals surface area contributed by atoms with E-state index in [4.69, 9.17) is 0 Å². The Balaban J connectivity index is 1.66. The minimum absolute atomic E-state index is 0.249. The Morgan fingerprint density at radius 3 is 2.46 bits per heavy atom. The summed E-state index contributed by atoms with van der Waals surface area (Å²) in [6.45, 7) is 0.304. The fraction of sp³-hybridized carbons (Fsp3) is 0.0909. The SMILES string of the molecule is Cn1cccc1-c1cc(C(=O)NCc2ccc(F)cc2)n(-c2ccccc2)n1. The van der Waals surface area contributed by atoms with Crippen LogP contribution in [0.2, 0.25) is 0 Å². The lowest BCUT2D eigenvalue weighted by Gasteiger charge is -2.08. The third-order valence-corrected chi connectivity index (χ3v) is 4.52. The number of nitrogens with zero attached hydrogens (tertiary/aromatic N) is 3. The second-order valence-corrected chi connectivity index (χ2v) is 6.48. The summed E-state index contributed by atoms with van der Waals surface area (Å²) in [5, 5.41) is 7.55. The molecule has 1 amide bonds. The molecule has 0 aliphatic rings. The van der Waals surface area contributed by atoms with Gasteiger partial charge in [0.05, 0.1) is 11.4 Å². The molecular formula is C22H19FN4O. The summed E-state index contributed by atoms with van der Waals surface area (Å²) in [5.41, 5.74) is 3.69. The highest BCUT2D eigenvalue weighted by Crippen LogP contribution is 2.22. The maximum atomic E-state index is 13.1. The molecule has 0 fully saturated rings. The van der Waals surface area contributed by atoms with E-state index in [-0.39, 0.29) is 11.7 Å². The summed E-state index contributed by atoms with van der Waals surface area (Å²) >= 11 is 0. The number of para-hydroxylation sites is 1. The van der Waals surface area contributed by atoms with Crippen molar-refractivity contribution in [3.05, 3.63) is 96.1 Å². The molecule has 2 heterocycles. The minimum Gasteiger partial charge on any atom is -0.349 e. The molecule has 2 aromatic carbocycles. The Morgan fingerprint density at radius 1 is 1.04 bits per heavy atom. The van der Waals surface area contributed by atoms with Gasteiger partial charge < -0.3 is 9.88 Å². The standard InChI is InChI=1S/C22H19FN4O/c1-26-13-5-8-20(26)19-14-21(27(25-19)18-6-3-2-4-7-18)22(28)24-15-16-9-11-17(23)12-10-16/h2-14H,15H2,1H3,(H,24,28). The number of halogens is 1. The molecule has 1 N–H and O–H groups in total. The van der Waals surface area contributed by atoms with Crippen LogP contribution in [0.25, 0.3) is 17.1 Å². The van der Waals surface area contributed by atoms with Crippen LogP contribution in [-0.4, -0.2) is 20.3 Å². The topological polar surface area (TPSA) is 51.9 Å². The van der Waals surface area contributed by atoms with Gasteiger partial charge >= 0.3 is 0 Å². The van der Waals surface area contributed by atoms with E-state index in [2.05, 4.69) is 10.4 Å². The van der Waals surface area contributed by atoms with Gasteiger partial charge in [0, 0.05) is 19.8 Å². The molecule has 0 radical (unpaired) electrons. The number of carbonyl (C=O) groups excluding carboxylic acids is 1. The van der Waals surface area contributed by atoms with Gasteiger partial charge in [0.1, 0.15) is 17.2 Å². The molecule has 4 rings (SSSR count). The summed E-state index contributed by atoms with van der Waals surface area (Å²) in [6.07, 6.45) is 1.94. The molecule has 4 aromatic rings. The van der Waals surface area contributed by atoms with E-state index >= 15 is 0 Å². The Morgan fingerprint density at radius 2 is 1.79 bits per heavy atom. The summed E-state index contributed by atoms with van der Waals surface area (Å²) in [7, 11) is 1.94. The van der Waals surface area contributed by atoms with Crippen LogP contribution < -0.4 is 5.32 Å². The lowest BCUT2D eigenvalue weighted by atomic mass is 10.2. The number of carbonyl (C=O) groups is 1. The Hall–Kier alpha value is -3.67. The summed E-state index contributed by atoms with van der Waals surface area (Å²) in [4.78, 5) is 12.9. The van der Waals surface area contributed by atoms with Crippen molar-refractivity contribution in [3.8, 4) is 17.1 Å². The Labute approximate surface area is 162 Å². The maximum absolute atomic E-state index is 13.1. The van der Waals surface area contributed by atoms with Crippen LogP contribution in [0, 0.1) is 5.82 Å². The molecular weight excluding hydrogens is 355 g/mol. The zero-order valence-corrected chi connectivity index (χ0v) is 15.3. The van der Waals surface area contributed by atoms with Gasteiger partial charge in [0.2, 0.25) is 0 Å². The van der Waals surface area contributed by atoms with Crippen molar-refractivity contribution in [2.45, 2.75) is 6.54 Å². The molecule has 0 saturated carbocycles. The van der Waals surface area contributed by atoms with E-state index in [1.54, 1.807) is 22.9 Å². The average Bonchev–Trinajstić information content (AvgIpc) is 3.34. The smallest absolute Gasteiger partial charge is 0.270 e. The van der Waals surface area contributed by atoms with Crippen LogP contribution >= 0.6 is 0 Å². The molecule has 6 heteroatoms.